The van der Waals surface area contributed by atoms with Crippen LogP contribution in [0.25, 0.3) is 33.6 Å². The van der Waals surface area contributed by atoms with Gasteiger partial charge in [0.25, 0.3) is 5.56 Å². The maximum atomic E-state index is 13.3. The number of aromatic nitrogens is 3. The lowest BCUT2D eigenvalue weighted by atomic mass is 10.0. The summed E-state index contributed by atoms with van der Waals surface area (Å²) in [5.41, 5.74) is 5.32. The minimum absolute atomic E-state index is 0.288. The second-order valence-electron chi connectivity index (χ2n) is 9.06. The second kappa shape index (κ2) is 10.6. The van der Waals surface area contributed by atoms with Gasteiger partial charge in [-0.05, 0) is 53.6 Å². The lowest BCUT2D eigenvalue weighted by molar-refractivity contribution is 0.284. The van der Waals surface area contributed by atoms with Gasteiger partial charge in [0, 0.05) is 11.0 Å². The Morgan fingerprint density at radius 2 is 1.56 bits per heavy atom. The predicted molar refractivity (Wildman–Crippen MR) is 155 cm³/mol. The summed E-state index contributed by atoms with van der Waals surface area (Å²) >= 11 is 0. The summed E-state index contributed by atoms with van der Waals surface area (Å²) in [7, 11) is 1.61. The van der Waals surface area contributed by atoms with Crippen molar-refractivity contribution in [1.29, 1.82) is 0 Å². The molecule has 0 fully saturated rings. The molecule has 0 aliphatic carbocycles. The highest BCUT2D eigenvalue weighted by Gasteiger charge is 2.16. The predicted octanol–water partition coefficient (Wildman–Crippen LogP) is 6.65. The molecule has 0 spiro atoms. The lowest BCUT2D eigenvalue weighted by Crippen LogP contribution is -2.15. The summed E-state index contributed by atoms with van der Waals surface area (Å²) in [6, 6.07) is 34.9. The van der Waals surface area contributed by atoms with Gasteiger partial charge in [0.15, 0.2) is 11.5 Å². The second-order valence-corrected chi connectivity index (χ2v) is 9.06. The Morgan fingerprint density at radius 3 is 2.41 bits per heavy atom. The molecular weight excluding hydrogens is 486 g/mol. The van der Waals surface area contributed by atoms with Crippen molar-refractivity contribution in [2.45, 2.75) is 6.61 Å². The molecule has 0 unspecified atom stereocenters. The van der Waals surface area contributed by atoms with Crippen LogP contribution in [0.4, 0.5) is 0 Å². The van der Waals surface area contributed by atoms with Crippen molar-refractivity contribution in [3.8, 4) is 11.5 Å². The zero-order chi connectivity index (χ0) is 26.6. The number of nitrogens with one attached hydrogen (secondary N) is 1. The van der Waals surface area contributed by atoms with Crippen molar-refractivity contribution >= 4 is 33.6 Å². The smallest absolute Gasteiger partial charge is 0.275 e. The highest BCUT2D eigenvalue weighted by atomic mass is 16.5. The van der Waals surface area contributed by atoms with Crippen LogP contribution in [0, 0.1) is 0 Å². The van der Waals surface area contributed by atoms with Crippen molar-refractivity contribution in [2.75, 3.05) is 7.11 Å². The Balaban J connectivity index is 1.49. The molecule has 6 nitrogen and oxygen atoms in total. The summed E-state index contributed by atoms with van der Waals surface area (Å²) in [5, 5.41) is 1.02. The Hall–Kier alpha value is -5.23. The van der Waals surface area contributed by atoms with Gasteiger partial charge in [-0.25, -0.2) is 9.97 Å². The maximum absolute atomic E-state index is 13.3. The van der Waals surface area contributed by atoms with Crippen LogP contribution in [0.15, 0.2) is 114 Å². The number of ether oxygens (including phenoxy) is 2. The normalized spacial score (nSPS) is 11.6. The SMILES string of the molecule is COc1ccc(/C=C(/c2ccc3ccccc3n2)c2nc3ccccc3[nH]c2=O)cc1OCc1ccccc1. The standard InChI is InChI=1S/C33H25N3O3/c1-38-30-18-15-23(20-31(30)39-21-22-9-3-2-4-10-22)19-25(27-17-16-24-11-5-6-12-26(24)34-27)32-33(37)36-29-14-8-7-13-28(29)35-32/h2-20H,21H2,1H3,(H,36,37)/b25-19-. The number of pyridine rings is 1. The highest BCUT2D eigenvalue weighted by Crippen LogP contribution is 2.32. The van der Waals surface area contributed by atoms with Crippen LogP contribution in [0.1, 0.15) is 22.5 Å². The minimum Gasteiger partial charge on any atom is -0.493 e. The third kappa shape index (κ3) is 5.13. The first-order valence-corrected chi connectivity index (χ1v) is 12.6. The van der Waals surface area contributed by atoms with E-state index in [1.807, 2.05) is 115 Å². The average Bonchev–Trinajstić information content (AvgIpc) is 2.99. The molecule has 6 heteroatoms. The molecule has 6 rings (SSSR count). The molecule has 0 bridgehead atoms. The summed E-state index contributed by atoms with van der Waals surface area (Å²) in [5.74, 6) is 1.22. The van der Waals surface area contributed by atoms with E-state index in [1.165, 1.54) is 0 Å². The maximum Gasteiger partial charge on any atom is 0.275 e. The monoisotopic (exact) mass is 511 g/mol. The summed E-state index contributed by atoms with van der Waals surface area (Å²) in [6.07, 6.45) is 1.91. The van der Waals surface area contributed by atoms with Gasteiger partial charge in [0.05, 0.1) is 29.4 Å². The number of rotatable bonds is 7. The molecule has 0 aliphatic rings. The molecule has 0 amide bonds. The summed E-state index contributed by atoms with van der Waals surface area (Å²) < 4.78 is 11.7. The number of benzene rings is 4. The van der Waals surface area contributed by atoms with Crippen molar-refractivity contribution < 1.29 is 9.47 Å². The van der Waals surface area contributed by atoms with Crippen molar-refractivity contribution in [1.82, 2.24) is 15.0 Å². The average molecular weight is 512 g/mol. The van der Waals surface area contributed by atoms with Gasteiger partial charge in [0.2, 0.25) is 0 Å². The van der Waals surface area contributed by atoms with Gasteiger partial charge in [-0.1, -0.05) is 72.8 Å². The van der Waals surface area contributed by atoms with Crippen LogP contribution in [-0.4, -0.2) is 22.1 Å². The topological polar surface area (TPSA) is 77.1 Å². The molecule has 1 N–H and O–H groups in total. The number of hydrogen-bond donors (Lipinski definition) is 1. The van der Waals surface area contributed by atoms with Crippen molar-refractivity contribution in [3.05, 3.63) is 142 Å². The van der Waals surface area contributed by atoms with Crippen molar-refractivity contribution in [2.24, 2.45) is 0 Å². The van der Waals surface area contributed by atoms with Crippen molar-refractivity contribution in [3.63, 3.8) is 0 Å². The van der Waals surface area contributed by atoms with E-state index in [1.54, 1.807) is 7.11 Å². The number of nitrogens with zero attached hydrogens (tertiary/aromatic N) is 2. The molecule has 0 atom stereocenters. The van der Waals surface area contributed by atoms with Gasteiger partial charge in [0.1, 0.15) is 12.3 Å². The third-order valence-corrected chi connectivity index (χ3v) is 6.46. The molecule has 0 saturated carbocycles. The minimum atomic E-state index is -0.288. The van der Waals surface area contributed by atoms with E-state index in [0.29, 0.717) is 46.1 Å². The molecule has 190 valence electrons. The quantitative estimate of drug-likeness (QED) is 0.260. The Kier molecular flexibility index (Phi) is 6.58. The van der Waals surface area contributed by atoms with E-state index in [0.717, 1.165) is 22.0 Å². The molecular formula is C33H25N3O3. The Labute approximate surface area is 225 Å². The zero-order valence-corrected chi connectivity index (χ0v) is 21.3. The van der Waals surface area contributed by atoms with Crippen LogP contribution < -0.4 is 15.0 Å². The molecule has 6 aromatic rings. The number of hydrogen-bond acceptors (Lipinski definition) is 5. The molecule has 0 radical (unpaired) electrons. The summed E-state index contributed by atoms with van der Waals surface area (Å²) in [6.45, 7) is 0.398. The zero-order valence-electron chi connectivity index (χ0n) is 21.3. The van der Waals surface area contributed by atoms with E-state index in [2.05, 4.69) is 4.98 Å². The first kappa shape index (κ1) is 24.1. The largest absolute Gasteiger partial charge is 0.493 e. The molecule has 0 saturated heterocycles. The van der Waals surface area contributed by atoms with E-state index in [4.69, 9.17) is 19.4 Å². The number of methoxy groups -OCH3 is 1. The van der Waals surface area contributed by atoms with Gasteiger partial charge in [-0.2, -0.15) is 0 Å². The number of para-hydroxylation sites is 3. The van der Waals surface area contributed by atoms with Crippen LogP contribution in [0.2, 0.25) is 0 Å². The first-order valence-electron chi connectivity index (χ1n) is 12.6. The van der Waals surface area contributed by atoms with E-state index in [-0.39, 0.29) is 5.56 Å². The fourth-order valence-electron chi connectivity index (χ4n) is 4.49. The molecule has 2 heterocycles. The van der Waals surface area contributed by atoms with Crippen LogP contribution in [0.3, 0.4) is 0 Å². The first-order chi connectivity index (χ1) is 19.2. The van der Waals surface area contributed by atoms with Crippen LogP contribution in [-0.2, 0) is 6.61 Å². The number of H-pyrrole nitrogens is 1. The van der Waals surface area contributed by atoms with Gasteiger partial charge >= 0.3 is 0 Å². The van der Waals surface area contributed by atoms with E-state index >= 15 is 0 Å². The highest BCUT2D eigenvalue weighted by molar-refractivity contribution is 5.92. The molecule has 39 heavy (non-hydrogen) atoms. The Bertz CT molecular complexity index is 1880. The van der Waals surface area contributed by atoms with Crippen LogP contribution in [0.5, 0.6) is 11.5 Å². The van der Waals surface area contributed by atoms with Gasteiger partial charge < -0.3 is 14.5 Å². The third-order valence-electron chi connectivity index (χ3n) is 6.46. The Morgan fingerprint density at radius 1 is 0.795 bits per heavy atom. The summed E-state index contributed by atoms with van der Waals surface area (Å²) in [4.78, 5) is 25.9. The lowest BCUT2D eigenvalue weighted by Gasteiger charge is -2.13. The van der Waals surface area contributed by atoms with Gasteiger partial charge in [-0.15, -0.1) is 0 Å². The number of aromatic amines is 1. The molecule has 0 aliphatic heterocycles. The fourth-order valence-corrected chi connectivity index (χ4v) is 4.49. The fraction of sp³-hybridized carbons (Fsp3) is 0.0606. The van der Waals surface area contributed by atoms with Crippen LogP contribution >= 0.6 is 0 Å². The van der Waals surface area contributed by atoms with E-state index in [9.17, 15) is 4.79 Å². The molecule has 2 aromatic heterocycles. The molecule has 4 aromatic carbocycles. The number of fused-ring (bicyclic) bond motifs is 2. The van der Waals surface area contributed by atoms with Gasteiger partial charge in [-0.3, -0.25) is 4.79 Å². The van der Waals surface area contributed by atoms with E-state index < -0.39 is 0 Å².